The van der Waals surface area contributed by atoms with Gasteiger partial charge in [-0.3, -0.25) is 9.59 Å². The summed E-state index contributed by atoms with van der Waals surface area (Å²) >= 11 is 0. The standard InChI is InChI=1S/C22H17F3N4O3/c23-22(24,25)19-13-27-21(29-19)16-7-8-18(32-11-10-26-14-30)17(12-16)28-20(31)9-6-15-4-2-1-3-5-15/h1-5,7-8,12-14H,10-11H2,(H,26,30)(H,27,29)(H,28,31). The first-order valence-electron chi connectivity index (χ1n) is 9.31. The molecule has 7 nitrogen and oxygen atoms in total. The lowest BCUT2D eigenvalue weighted by molar-refractivity contribution is -0.140. The molecule has 0 aliphatic carbocycles. The number of ether oxygens (including phenoxy) is 1. The molecule has 0 saturated carbocycles. The lowest BCUT2D eigenvalue weighted by Crippen LogP contribution is -2.19. The van der Waals surface area contributed by atoms with E-state index in [9.17, 15) is 22.8 Å². The third-order valence-corrected chi connectivity index (χ3v) is 4.06. The number of alkyl halides is 3. The number of rotatable bonds is 7. The van der Waals surface area contributed by atoms with Crippen molar-refractivity contribution in [3.8, 4) is 29.0 Å². The summed E-state index contributed by atoms with van der Waals surface area (Å²) in [6.07, 6.45) is -3.36. The molecule has 164 valence electrons. The Morgan fingerprint density at radius 1 is 1.19 bits per heavy atom. The fourth-order valence-electron chi connectivity index (χ4n) is 2.60. The van der Waals surface area contributed by atoms with Crippen molar-refractivity contribution in [3.05, 3.63) is 66.0 Å². The Morgan fingerprint density at radius 3 is 2.66 bits per heavy atom. The molecule has 0 fully saturated rings. The van der Waals surface area contributed by atoms with Gasteiger partial charge in [-0.05, 0) is 30.3 Å². The van der Waals surface area contributed by atoms with E-state index < -0.39 is 17.8 Å². The van der Waals surface area contributed by atoms with E-state index in [1.54, 1.807) is 24.3 Å². The molecule has 1 heterocycles. The van der Waals surface area contributed by atoms with Crippen molar-refractivity contribution >= 4 is 18.0 Å². The smallest absolute Gasteiger partial charge is 0.432 e. The van der Waals surface area contributed by atoms with E-state index in [-0.39, 0.29) is 30.4 Å². The van der Waals surface area contributed by atoms with Gasteiger partial charge in [-0.1, -0.05) is 24.1 Å². The molecule has 0 spiro atoms. The molecule has 10 heteroatoms. The average Bonchev–Trinajstić information content (AvgIpc) is 3.28. The minimum Gasteiger partial charge on any atom is -0.490 e. The Hall–Kier alpha value is -4.26. The van der Waals surface area contributed by atoms with Crippen LogP contribution in [0.25, 0.3) is 11.4 Å². The summed E-state index contributed by atoms with van der Waals surface area (Å²) in [4.78, 5) is 28.7. The number of nitrogens with one attached hydrogen (secondary N) is 3. The van der Waals surface area contributed by atoms with E-state index in [2.05, 4.69) is 32.4 Å². The van der Waals surface area contributed by atoms with E-state index >= 15 is 0 Å². The van der Waals surface area contributed by atoms with Crippen LogP contribution in [0.3, 0.4) is 0 Å². The minimum absolute atomic E-state index is 0.0302. The molecule has 2 amide bonds. The fourth-order valence-corrected chi connectivity index (χ4v) is 2.60. The topological polar surface area (TPSA) is 96.1 Å². The molecule has 0 aliphatic rings. The molecule has 3 aromatic rings. The van der Waals surface area contributed by atoms with Crippen molar-refractivity contribution < 1.29 is 27.5 Å². The number of halogens is 3. The van der Waals surface area contributed by atoms with Crippen LogP contribution in [0.15, 0.2) is 54.7 Å². The van der Waals surface area contributed by atoms with E-state index in [1.807, 2.05) is 6.07 Å². The van der Waals surface area contributed by atoms with Crippen LogP contribution in [0, 0.1) is 11.8 Å². The van der Waals surface area contributed by atoms with Gasteiger partial charge < -0.3 is 20.4 Å². The van der Waals surface area contributed by atoms with Gasteiger partial charge in [-0.2, -0.15) is 13.2 Å². The van der Waals surface area contributed by atoms with E-state index in [1.165, 1.54) is 18.2 Å². The highest BCUT2D eigenvalue weighted by Crippen LogP contribution is 2.32. The monoisotopic (exact) mass is 442 g/mol. The van der Waals surface area contributed by atoms with Gasteiger partial charge in [0.25, 0.3) is 0 Å². The Bertz CT molecular complexity index is 1150. The molecule has 0 saturated heterocycles. The van der Waals surface area contributed by atoms with Crippen LogP contribution >= 0.6 is 0 Å². The molecule has 1 aromatic heterocycles. The van der Waals surface area contributed by atoms with Crippen molar-refractivity contribution in [2.45, 2.75) is 6.18 Å². The number of carbonyl (C=O) groups is 2. The first-order chi connectivity index (χ1) is 15.4. The zero-order valence-electron chi connectivity index (χ0n) is 16.5. The highest BCUT2D eigenvalue weighted by molar-refractivity contribution is 6.05. The summed E-state index contributed by atoms with van der Waals surface area (Å²) in [5.41, 5.74) is 0.131. The number of anilines is 1. The molecule has 0 bridgehead atoms. The van der Waals surface area contributed by atoms with Gasteiger partial charge in [0.1, 0.15) is 23.9 Å². The number of nitrogens with zero attached hydrogens (tertiary/aromatic N) is 1. The van der Waals surface area contributed by atoms with Crippen LogP contribution < -0.4 is 15.4 Å². The predicted molar refractivity (Wildman–Crippen MR) is 111 cm³/mol. The number of imidazole rings is 1. The van der Waals surface area contributed by atoms with Gasteiger partial charge in [0, 0.05) is 17.0 Å². The zero-order chi connectivity index (χ0) is 23.0. The number of H-pyrrole nitrogens is 1. The molecule has 0 aliphatic heterocycles. The number of aromatic amines is 1. The Morgan fingerprint density at radius 2 is 1.97 bits per heavy atom. The zero-order valence-corrected chi connectivity index (χ0v) is 16.5. The molecule has 0 radical (unpaired) electrons. The second-order valence-electron chi connectivity index (χ2n) is 6.34. The van der Waals surface area contributed by atoms with Crippen molar-refractivity contribution in [1.29, 1.82) is 0 Å². The number of amides is 2. The third-order valence-electron chi connectivity index (χ3n) is 4.06. The lowest BCUT2D eigenvalue weighted by Gasteiger charge is -2.12. The number of hydrogen-bond acceptors (Lipinski definition) is 4. The largest absolute Gasteiger partial charge is 0.490 e. The van der Waals surface area contributed by atoms with Crippen molar-refractivity contribution in [2.24, 2.45) is 0 Å². The lowest BCUT2D eigenvalue weighted by atomic mass is 10.1. The molecule has 32 heavy (non-hydrogen) atoms. The Labute approximate surface area is 181 Å². The number of benzene rings is 2. The highest BCUT2D eigenvalue weighted by atomic mass is 19.4. The number of carbonyl (C=O) groups excluding carboxylic acids is 2. The second-order valence-corrected chi connectivity index (χ2v) is 6.34. The van der Waals surface area contributed by atoms with Crippen LogP contribution in [0.5, 0.6) is 5.75 Å². The summed E-state index contributed by atoms with van der Waals surface area (Å²) in [7, 11) is 0. The number of hydrogen-bond donors (Lipinski definition) is 3. The molecular weight excluding hydrogens is 425 g/mol. The summed E-state index contributed by atoms with van der Waals surface area (Å²) in [6, 6.07) is 13.3. The molecule has 3 rings (SSSR count). The third kappa shape index (κ3) is 6.12. The molecule has 0 atom stereocenters. The van der Waals surface area contributed by atoms with Crippen LogP contribution in [0.4, 0.5) is 18.9 Å². The second kappa shape index (κ2) is 10.2. The number of aromatic nitrogens is 2. The SMILES string of the molecule is O=CNCCOc1ccc(-c2ncc(C(F)(F)F)[nH]2)cc1NC(=O)C#Cc1ccccc1. The quantitative estimate of drug-likeness (QED) is 0.298. The highest BCUT2D eigenvalue weighted by Gasteiger charge is 2.33. The molecular formula is C22H17F3N4O3. The van der Waals surface area contributed by atoms with E-state index in [0.717, 1.165) is 0 Å². The normalized spacial score (nSPS) is 10.6. The van der Waals surface area contributed by atoms with Gasteiger partial charge >= 0.3 is 12.1 Å². The Kier molecular flexibility index (Phi) is 7.13. The average molecular weight is 442 g/mol. The van der Waals surface area contributed by atoms with Gasteiger partial charge in [0.15, 0.2) is 0 Å². The van der Waals surface area contributed by atoms with Crippen LogP contribution in [-0.2, 0) is 15.8 Å². The van der Waals surface area contributed by atoms with Gasteiger partial charge in [-0.25, -0.2) is 4.98 Å². The maximum atomic E-state index is 12.9. The predicted octanol–water partition coefficient (Wildman–Crippen LogP) is 3.21. The van der Waals surface area contributed by atoms with E-state index in [0.29, 0.717) is 23.7 Å². The first-order valence-corrected chi connectivity index (χ1v) is 9.31. The fraction of sp³-hybridized carbons (Fsp3) is 0.136. The first kappa shape index (κ1) is 22.4. The summed E-state index contributed by atoms with van der Waals surface area (Å²) in [6.45, 7) is 0.329. The maximum absolute atomic E-state index is 12.9. The van der Waals surface area contributed by atoms with Gasteiger partial charge in [-0.15, -0.1) is 0 Å². The Balaban J connectivity index is 1.85. The van der Waals surface area contributed by atoms with Crippen molar-refractivity contribution in [2.75, 3.05) is 18.5 Å². The summed E-state index contributed by atoms with van der Waals surface area (Å²) in [5, 5.41) is 5.01. The molecule has 3 N–H and O–H groups in total. The van der Waals surface area contributed by atoms with Crippen LogP contribution in [0.2, 0.25) is 0 Å². The molecule has 2 aromatic carbocycles. The van der Waals surface area contributed by atoms with Crippen molar-refractivity contribution in [1.82, 2.24) is 15.3 Å². The summed E-state index contributed by atoms with van der Waals surface area (Å²) in [5.74, 6) is 4.74. The summed E-state index contributed by atoms with van der Waals surface area (Å²) < 4.78 is 44.2. The van der Waals surface area contributed by atoms with Crippen molar-refractivity contribution in [3.63, 3.8) is 0 Å². The van der Waals surface area contributed by atoms with Gasteiger partial charge in [0.2, 0.25) is 6.41 Å². The maximum Gasteiger partial charge on any atom is 0.432 e. The van der Waals surface area contributed by atoms with E-state index in [4.69, 9.17) is 4.74 Å². The van der Waals surface area contributed by atoms with Gasteiger partial charge in [0.05, 0.1) is 18.4 Å². The van der Waals surface area contributed by atoms with Crippen LogP contribution in [-0.4, -0.2) is 35.4 Å². The van der Waals surface area contributed by atoms with Crippen LogP contribution in [0.1, 0.15) is 11.3 Å². The molecule has 0 unspecified atom stereocenters. The minimum atomic E-state index is -4.57.